The van der Waals surface area contributed by atoms with Gasteiger partial charge in [0.1, 0.15) is 5.75 Å². The Balaban J connectivity index is 2.21. The minimum absolute atomic E-state index is 0.0898. The number of carbonyl (C=O) groups excluding carboxylic acids is 1. The standard InChI is InChI=1S/C13H10BrFN2O2/c1-19-12-3-2-8(6-9(12)14)13(18)17-11-4-5-16-7-10(11)15/h2-7H,1H3,(H,16,17,18). The van der Waals surface area contributed by atoms with E-state index in [1.165, 1.54) is 19.4 Å². The maximum absolute atomic E-state index is 13.4. The molecule has 1 aromatic carbocycles. The summed E-state index contributed by atoms with van der Waals surface area (Å²) in [5.41, 5.74) is 0.482. The number of amides is 1. The van der Waals surface area contributed by atoms with Gasteiger partial charge in [0, 0.05) is 11.8 Å². The van der Waals surface area contributed by atoms with Gasteiger partial charge in [0.05, 0.1) is 23.5 Å². The lowest BCUT2D eigenvalue weighted by Crippen LogP contribution is -2.13. The van der Waals surface area contributed by atoms with Crippen molar-refractivity contribution in [3.63, 3.8) is 0 Å². The van der Waals surface area contributed by atoms with Gasteiger partial charge in [-0.05, 0) is 40.2 Å². The third-order valence-corrected chi connectivity index (χ3v) is 3.05. The van der Waals surface area contributed by atoms with Crippen molar-refractivity contribution in [2.24, 2.45) is 0 Å². The third-order valence-electron chi connectivity index (χ3n) is 2.43. The zero-order chi connectivity index (χ0) is 13.8. The average Bonchev–Trinajstić information content (AvgIpc) is 2.41. The summed E-state index contributed by atoms with van der Waals surface area (Å²) in [4.78, 5) is 15.6. The Kier molecular flexibility index (Phi) is 4.11. The van der Waals surface area contributed by atoms with E-state index in [4.69, 9.17) is 4.74 Å². The first-order valence-corrected chi connectivity index (χ1v) is 6.15. The summed E-state index contributed by atoms with van der Waals surface area (Å²) >= 11 is 3.29. The molecule has 1 aromatic heterocycles. The number of pyridine rings is 1. The summed E-state index contributed by atoms with van der Waals surface area (Å²) in [6.07, 6.45) is 2.45. The van der Waals surface area contributed by atoms with E-state index in [2.05, 4.69) is 26.2 Å². The largest absolute Gasteiger partial charge is 0.496 e. The molecule has 19 heavy (non-hydrogen) atoms. The first-order chi connectivity index (χ1) is 9.11. The molecule has 0 spiro atoms. The number of benzene rings is 1. The van der Waals surface area contributed by atoms with Gasteiger partial charge in [0.2, 0.25) is 0 Å². The number of methoxy groups -OCH3 is 1. The Morgan fingerprint density at radius 3 is 2.84 bits per heavy atom. The number of halogens is 2. The van der Waals surface area contributed by atoms with Crippen LogP contribution in [0.25, 0.3) is 0 Å². The molecule has 0 saturated heterocycles. The number of rotatable bonds is 3. The van der Waals surface area contributed by atoms with Crippen LogP contribution in [0.5, 0.6) is 5.75 Å². The van der Waals surface area contributed by atoms with Crippen LogP contribution >= 0.6 is 15.9 Å². The van der Waals surface area contributed by atoms with Crippen molar-refractivity contribution in [3.05, 3.63) is 52.5 Å². The van der Waals surface area contributed by atoms with E-state index in [1.807, 2.05) is 0 Å². The molecule has 0 saturated carbocycles. The van der Waals surface area contributed by atoms with Crippen molar-refractivity contribution in [1.29, 1.82) is 0 Å². The smallest absolute Gasteiger partial charge is 0.255 e. The SMILES string of the molecule is COc1ccc(C(=O)Nc2ccncc2F)cc1Br. The lowest BCUT2D eigenvalue weighted by atomic mass is 10.2. The van der Waals surface area contributed by atoms with Crippen LogP contribution in [0.3, 0.4) is 0 Å². The van der Waals surface area contributed by atoms with Crippen molar-refractivity contribution in [1.82, 2.24) is 4.98 Å². The lowest BCUT2D eigenvalue weighted by molar-refractivity contribution is 0.102. The molecule has 1 heterocycles. The molecule has 2 aromatic rings. The summed E-state index contributed by atoms with van der Waals surface area (Å²) in [5.74, 6) is -0.372. The number of aromatic nitrogens is 1. The summed E-state index contributed by atoms with van der Waals surface area (Å²) in [7, 11) is 1.53. The van der Waals surface area contributed by atoms with Crippen molar-refractivity contribution in [2.75, 3.05) is 12.4 Å². The number of nitrogens with one attached hydrogen (secondary N) is 1. The van der Waals surface area contributed by atoms with Crippen LogP contribution in [0, 0.1) is 5.82 Å². The van der Waals surface area contributed by atoms with Gasteiger partial charge < -0.3 is 10.1 Å². The number of nitrogens with zero attached hydrogens (tertiary/aromatic N) is 1. The van der Waals surface area contributed by atoms with E-state index in [1.54, 1.807) is 18.2 Å². The van der Waals surface area contributed by atoms with Gasteiger partial charge in [-0.3, -0.25) is 9.78 Å². The lowest BCUT2D eigenvalue weighted by Gasteiger charge is -2.08. The normalized spacial score (nSPS) is 10.1. The van der Waals surface area contributed by atoms with Gasteiger partial charge in [0.25, 0.3) is 5.91 Å². The fourth-order valence-corrected chi connectivity index (χ4v) is 2.02. The second-order valence-electron chi connectivity index (χ2n) is 3.66. The van der Waals surface area contributed by atoms with Gasteiger partial charge in [-0.25, -0.2) is 4.39 Å². The van der Waals surface area contributed by atoms with Crippen LogP contribution in [0.4, 0.5) is 10.1 Å². The Hall–Kier alpha value is -1.95. The predicted molar refractivity (Wildman–Crippen MR) is 72.8 cm³/mol. The summed E-state index contributed by atoms with van der Waals surface area (Å²) in [6.45, 7) is 0. The van der Waals surface area contributed by atoms with E-state index in [0.29, 0.717) is 15.8 Å². The molecule has 0 aliphatic carbocycles. The van der Waals surface area contributed by atoms with E-state index in [0.717, 1.165) is 6.20 Å². The highest BCUT2D eigenvalue weighted by Gasteiger charge is 2.11. The summed E-state index contributed by atoms with van der Waals surface area (Å²) in [5, 5.41) is 2.48. The molecule has 0 radical (unpaired) electrons. The number of carbonyl (C=O) groups is 1. The molecule has 0 aliphatic heterocycles. The Labute approximate surface area is 117 Å². The highest BCUT2D eigenvalue weighted by molar-refractivity contribution is 9.10. The van der Waals surface area contributed by atoms with Crippen molar-refractivity contribution in [2.45, 2.75) is 0 Å². The van der Waals surface area contributed by atoms with Crippen LogP contribution in [-0.2, 0) is 0 Å². The fraction of sp³-hybridized carbons (Fsp3) is 0.0769. The van der Waals surface area contributed by atoms with E-state index >= 15 is 0 Å². The molecule has 98 valence electrons. The van der Waals surface area contributed by atoms with Gasteiger partial charge in [-0.1, -0.05) is 0 Å². The predicted octanol–water partition coefficient (Wildman–Crippen LogP) is 3.24. The summed E-state index contributed by atoms with van der Waals surface area (Å²) < 4.78 is 19.1. The highest BCUT2D eigenvalue weighted by Crippen LogP contribution is 2.26. The molecule has 6 heteroatoms. The van der Waals surface area contributed by atoms with Crippen molar-refractivity contribution in [3.8, 4) is 5.75 Å². The highest BCUT2D eigenvalue weighted by atomic mass is 79.9. The monoisotopic (exact) mass is 324 g/mol. The van der Waals surface area contributed by atoms with E-state index in [-0.39, 0.29) is 5.69 Å². The third kappa shape index (κ3) is 3.08. The molecule has 4 nitrogen and oxygen atoms in total. The summed E-state index contributed by atoms with van der Waals surface area (Å²) in [6, 6.07) is 6.25. The number of anilines is 1. The second kappa shape index (κ2) is 5.79. The second-order valence-corrected chi connectivity index (χ2v) is 4.51. The minimum atomic E-state index is -0.580. The number of ether oxygens (including phenoxy) is 1. The van der Waals surface area contributed by atoms with Gasteiger partial charge in [0.15, 0.2) is 5.82 Å². The van der Waals surface area contributed by atoms with Crippen LogP contribution in [-0.4, -0.2) is 18.0 Å². The van der Waals surface area contributed by atoms with E-state index < -0.39 is 11.7 Å². The molecule has 1 amide bonds. The molecule has 0 atom stereocenters. The topological polar surface area (TPSA) is 51.2 Å². The van der Waals surface area contributed by atoms with Gasteiger partial charge >= 0.3 is 0 Å². The Morgan fingerprint density at radius 2 is 2.21 bits per heavy atom. The number of hydrogen-bond acceptors (Lipinski definition) is 3. The quantitative estimate of drug-likeness (QED) is 0.942. The van der Waals surface area contributed by atoms with Crippen molar-refractivity contribution >= 4 is 27.5 Å². The molecule has 2 rings (SSSR count). The average molecular weight is 325 g/mol. The van der Waals surface area contributed by atoms with Crippen LogP contribution in [0.15, 0.2) is 41.1 Å². The van der Waals surface area contributed by atoms with Crippen LogP contribution in [0.2, 0.25) is 0 Å². The maximum Gasteiger partial charge on any atom is 0.255 e. The molecular weight excluding hydrogens is 315 g/mol. The Bertz CT molecular complexity index is 619. The molecule has 0 unspecified atom stereocenters. The van der Waals surface area contributed by atoms with Crippen LogP contribution in [0.1, 0.15) is 10.4 Å². The van der Waals surface area contributed by atoms with Gasteiger partial charge in [-0.15, -0.1) is 0 Å². The zero-order valence-corrected chi connectivity index (χ0v) is 11.6. The zero-order valence-electron chi connectivity index (χ0n) is 9.98. The van der Waals surface area contributed by atoms with Crippen molar-refractivity contribution < 1.29 is 13.9 Å². The van der Waals surface area contributed by atoms with Gasteiger partial charge in [-0.2, -0.15) is 0 Å². The molecule has 0 aliphatic rings. The fourth-order valence-electron chi connectivity index (χ4n) is 1.48. The first-order valence-electron chi connectivity index (χ1n) is 5.36. The molecular formula is C13H10BrFN2O2. The number of hydrogen-bond donors (Lipinski definition) is 1. The molecule has 0 fully saturated rings. The Morgan fingerprint density at radius 1 is 1.42 bits per heavy atom. The maximum atomic E-state index is 13.4. The molecule has 0 bridgehead atoms. The first kappa shape index (κ1) is 13.5. The molecule has 1 N–H and O–H groups in total. The minimum Gasteiger partial charge on any atom is -0.496 e. The van der Waals surface area contributed by atoms with Crippen LogP contribution < -0.4 is 10.1 Å². The van der Waals surface area contributed by atoms with E-state index in [9.17, 15) is 9.18 Å².